The molecular weight excluding hydrogens is 322 g/mol. The summed E-state index contributed by atoms with van der Waals surface area (Å²) in [6.45, 7) is 1.91. The first-order valence-electron chi connectivity index (χ1n) is 6.77. The van der Waals surface area contributed by atoms with E-state index in [2.05, 4.69) is 21.2 Å². The van der Waals surface area contributed by atoms with E-state index >= 15 is 0 Å². The topological polar surface area (TPSA) is 66.4 Å². The largest absolute Gasteiger partial charge is 0.481 e. The van der Waals surface area contributed by atoms with Crippen molar-refractivity contribution in [1.82, 2.24) is 5.32 Å². The molecule has 20 heavy (non-hydrogen) atoms. The summed E-state index contributed by atoms with van der Waals surface area (Å²) < 4.78 is 0.988. The molecule has 3 atom stereocenters. The molecule has 5 heteroatoms. The molecular formula is C15H18BrNO3. The zero-order valence-electron chi connectivity index (χ0n) is 11.3. The third kappa shape index (κ3) is 3.39. The number of benzene rings is 1. The standard InChI is InChI=1S/C15H18BrNO3/c1-9(10-5-7-11(16)8-6-10)17-14(18)12-3-2-4-13(12)15(19)20/h5-9,12-13H,2-4H2,1H3,(H,17,18)(H,19,20)/t9-,12+,13-/m0/s1. The number of carbonyl (C=O) groups is 2. The molecule has 0 aromatic heterocycles. The molecule has 1 aromatic carbocycles. The second-order valence-corrected chi connectivity index (χ2v) is 6.18. The number of aliphatic carboxylic acids is 1. The van der Waals surface area contributed by atoms with Gasteiger partial charge in [-0.05, 0) is 37.5 Å². The molecule has 1 aliphatic rings. The van der Waals surface area contributed by atoms with E-state index in [0.29, 0.717) is 12.8 Å². The van der Waals surface area contributed by atoms with Crippen LogP contribution in [0.5, 0.6) is 0 Å². The average Bonchev–Trinajstić information content (AvgIpc) is 2.88. The molecule has 2 rings (SSSR count). The van der Waals surface area contributed by atoms with Gasteiger partial charge in [0.2, 0.25) is 5.91 Å². The van der Waals surface area contributed by atoms with Crippen LogP contribution in [0.4, 0.5) is 0 Å². The summed E-state index contributed by atoms with van der Waals surface area (Å²) in [5.41, 5.74) is 1.01. The van der Waals surface area contributed by atoms with Crippen molar-refractivity contribution >= 4 is 27.8 Å². The van der Waals surface area contributed by atoms with Gasteiger partial charge in [-0.15, -0.1) is 0 Å². The fourth-order valence-corrected chi connectivity index (χ4v) is 2.99. The summed E-state index contributed by atoms with van der Waals surface area (Å²) in [5, 5.41) is 12.1. The van der Waals surface area contributed by atoms with Crippen molar-refractivity contribution in [2.75, 3.05) is 0 Å². The monoisotopic (exact) mass is 339 g/mol. The highest BCUT2D eigenvalue weighted by atomic mass is 79.9. The van der Waals surface area contributed by atoms with Gasteiger partial charge >= 0.3 is 5.97 Å². The van der Waals surface area contributed by atoms with Gasteiger partial charge in [0.15, 0.2) is 0 Å². The molecule has 0 spiro atoms. The normalized spacial score (nSPS) is 23.3. The van der Waals surface area contributed by atoms with Crippen LogP contribution in [0.15, 0.2) is 28.7 Å². The molecule has 0 aliphatic heterocycles. The van der Waals surface area contributed by atoms with Crippen molar-refractivity contribution in [2.24, 2.45) is 11.8 Å². The molecule has 1 fully saturated rings. The average molecular weight is 340 g/mol. The maximum absolute atomic E-state index is 12.2. The highest BCUT2D eigenvalue weighted by molar-refractivity contribution is 9.10. The summed E-state index contributed by atoms with van der Waals surface area (Å²) in [6, 6.07) is 7.61. The van der Waals surface area contributed by atoms with E-state index in [1.165, 1.54) is 0 Å². The Morgan fingerprint density at radius 3 is 2.45 bits per heavy atom. The van der Waals surface area contributed by atoms with Crippen LogP contribution in [0, 0.1) is 11.8 Å². The highest BCUT2D eigenvalue weighted by Gasteiger charge is 2.38. The van der Waals surface area contributed by atoms with Crippen molar-refractivity contribution in [3.05, 3.63) is 34.3 Å². The predicted molar refractivity (Wildman–Crippen MR) is 79.2 cm³/mol. The Labute approximate surface area is 126 Å². The smallest absolute Gasteiger partial charge is 0.307 e. The minimum absolute atomic E-state index is 0.120. The number of hydrogen-bond acceptors (Lipinski definition) is 2. The molecule has 108 valence electrons. The number of rotatable bonds is 4. The first-order valence-corrected chi connectivity index (χ1v) is 7.57. The van der Waals surface area contributed by atoms with Gasteiger partial charge in [-0.1, -0.05) is 34.5 Å². The predicted octanol–water partition coefficient (Wildman–Crippen LogP) is 3.13. The van der Waals surface area contributed by atoms with E-state index in [1.807, 2.05) is 31.2 Å². The lowest BCUT2D eigenvalue weighted by atomic mass is 9.94. The Bertz CT molecular complexity index is 500. The summed E-state index contributed by atoms with van der Waals surface area (Å²) in [4.78, 5) is 23.4. The quantitative estimate of drug-likeness (QED) is 0.885. The number of carboxylic acid groups (broad SMARTS) is 1. The van der Waals surface area contributed by atoms with Crippen LogP contribution in [0.1, 0.15) is 37.8 Å². The van der Waals surface area contributed by atoms with E-state index in [4.69, 9.17) is 5.11 Å². The molecule has 1 aromatic rings. The number of carbonyl (C=O) groups excluding carboxylic acids is 1. The third-order valence-corrected chi connectivity index (χ3v) is 4.43. The van der Waals surface area contributed by atoms with Gasteiger partial charge in [-0.2, -0.15) is 0 Å². The molecule has 1 amide bonds. The molecule has 1 aliphatic carbocycles. The minimum Gasteiger partial charge on any atom is -0.481 e. The zero-order valence-corrected chi connectivity index (χ0v) is 12.9. The zero-order chi connectivity index (χ0) is 14.7. The van der Waals surface area contributed by atoms with E-state index in [9.17, 15) is 9.59 Å². The molecule has 4 nitrogen and oxygen atoms in total. The second kappa shape index (κ2) is 6.39. The van der Waals surface area contributed by atoms with Crippen LogP contribution in [0.25, 0.3) is 0 Å². The van der Waals surface area contributed by atoms with Gasteiger partial charge in [-0.25, -0.2) is 0 Å². The molecule has 0 unspecified atom stereocenters. The van der Waals surface area contributed by atoms with Crippen molar-refractivity contribution < 1.29 is 14.7 Å². The van der Waals surface area contributed by atoms with Crippen LogP contribution in [0.2, 0.25) is 0 Å². The Hall–Kier alpha value is -1.36. The highest BCUT2D eigenvalue weighted by Crippen LogP contribution is 2.32. The number of nitrogens with one attached hydrogen (secondary N) is 1. The van der Waals surface area contributed by atoms with Crippen molar-refractivity contribution in [1.29, 1.82) is 0 Å². The van der Waals surface area contributed by atoms with E-state index in [0.717, 1.165) is 16.5 Å². The lowest BCUT2D eigenvalue weighted by Gasteiger charge is -2.20. The first kappa shape index (κ1) is 15.0. The molecule has 1 saturated carbocycles. The van der Waals surface area contributed by atoms with Crippen LogP contribution in [-0.4, -0.2) is 17.0 Å². The molecule has 0 radical (unpaired) electrons. The first-order chi connectivity index (χ1) is 9.49. The minimum atomic E-state index is -0.862. The van der Waals surface area contributed by atoms with Crippen molar-refractivity contribution in [3.63, 3.8) is 0 Å². The number of halogens is 1. The summed E-state index contributed by atoms with van der Waals surface area (Å²) in [6.07, 6.45) is 2.07. The lowest BCUT2D eigenvalue weighted by Crippen LogP contribution is -2.36. The van der Waals surface area contributed by atoms with Crippen LogP contribution < -0.4 is 5.32 Å². The van der Waals surface area contributed by atoms with Crippen LogP contribution >= 0.6 is 15.9 Å². The lowest BCUT2D eigenvalue weighted by molar-refractivity contribution is -0.146. The molecule has 0 saturated heterocycles. The SMILES string of the molecule is C[C@H](NC(=O)[C@@H]1CCC[C@@H]1C(=O)O)c1ccc(Br)cc1. The summed E-state index contributed by atoms with van der Waals surface area (Å²) in [7, 11) is 0. The van der Waals surface area contributed by atoms with Gasteiger partial charge in [0.1, 0.15) is 0 Å². The van der Waals surface area contributed by atoms with Crippen LogP contribution in [0.3, 0.4) is 0 Å². The van der Waals surface area contributed by atoms with E-state index < -0.39 is 17.8 Å². The fourth-order valence-electron chi connectivity index (χ4n) is 2.72. The third-order valence-electron chi connectivity index (χ3n) is 3.90. The van der Waals surface area contributed by atoms with Gasteiger partial charge in [0, 0.05) is 4.47 Å². The van der Waals surface area contributed by atoms with Crippen molar-refractivity contribution in [3.8, 4) is 0 Å². The van der Waals surface area contributed by atoms with Gasteiger partial charge in [0.05, 0.1) is 17.9 Å². The van der Waals surface area contributed by atoms with Crippen LogP contribution in [-0.2, 0) is 9.59 Å². The maximum Gasteiger partial charge on any atom is 0.307 e. The number of carboxylic acids is 1. The van der Waals surface area contributed by atoms with Crippen molar-refractivity contribution in [2.45, 2.75) is 32.2 Å². The number of amides is 1. The summed E-state index contributed by atoms with van der Waals surface area (Å²) in [5.74, 6) is -1.94. The summed E-state index contributed by atoms with van der Waals surface area (Å²) >= 11 is 3.37. The Kier molecular flexibility index (Phi) is 4.81. The Morgan fingerprint density at radius 1 is 1.25 bits per heavy atom. The molecule has 0 bridgehead atoms. The second-order valence-electron chi connectivity index (χ2n) is 5.26. The Morgan fingerprint density at radius 2 is 1.85 bits per heavy atom. The van der Waals surface area contributed by atoms with E-state index in [-0.39, 0.29) is 11.9 Å². The fraction of sp³-hybridized carbons (Fsp3) is 0.467. The maximum atomic E-state index is 12.2. The molecule has 0 heterocycles. The molecule has 2 N–H and O–H groups in total. The number of hydrogen-bond donors (Lipinski definition) is 2. The van der Waals surface area contributed by atoms with Gasteiger partial charge < -0.3 is 10.4 Å². The van der Waals surface area contributed by atoms with Gasteiger partial charge in [0.25, 0.3) is 0 Å². The Balaban J connectivity index is 2.00. The van der Waals surface area contributed by atoms with E-state index in [1.54, 1.807) is 0 Å². The van der Waals surface area contributed by atoms with Gasteiger partial charge in [-0.3, -0.25) is 9.59 Å².